The minimum Gasteiger partial charge on any atom is -0.483 e. The molecule has 0 bridgehead atoms. The van der Waals surface area contributed by atoms with Crippen LogP contribution >= 0.6 is 0 Å². The van der Waals surface area contributed by atoms with E-state index in [2.05, 4.69) is 41.4 Å². The number of hydrogen-bond donors (Lipinski definition) is 2. The molecule has 2 aliphatic rings. The number of hydrogen-bond acceptors (Lipinski definition) is 3. The highest BCUT2D eigenvalue weighted by molar-refractivity contribution is 5.61. The first kappa shape index (κ1) is 11.9. The molecular weight excluding hydrogens is 216 g/mol. The number of aryl methyl sites for hydroxylation is 1. The quantitative estimate of drug-likeness (QED) is 0.567. The summed E-state index contributed by atoms with van der Waals surface area (Å²) in [6.45, 7) is 4.30. The van der Waals surface area contributed by atoms with Gasteiger partial charge in [-0.1, -0.05) is 18.2 Å². The summed E-state index contributed by atoms with van der Waals surface area (Å²) in [5, 5.41) is 10.3. The van der Waals surface area contributed by atoms with Gasteiger partial charge >= 0.3 is 0 Å². The van der Waals surface area contributed by atoms with Crippen LogP contribution in [-0.2, 0) is 4.79 Å². The minimum absolute atomic E-state index is 0.250. The van der Waals surface area contributed by atoms with Crippen LogP contribution in [0.15, 0.2) is 24.3 Å². The van der Waals surface area contributed by atoms with Gasteiger partial charge in [0, 0.05) is 12.2 Å². The van der Waals surface area contributed by atoms with E-state index in [0.29, 0.717) is 0 Å². The maximum Gasteiger partial charge on any atom is 0.290 e. The fraction of sp³-hybridized carbons (Fsp3) is 0.462. The zero-order valence-corrected chi connectivity index (χ0v) is 9.97. The zero-order chi connectivity index (χ0) is 12.3. The van der Waals surface area contributed by atoms with Gasteiger partial charge in [0.2, 0.25) is 0 Å². The molecule has 4 nitrogen and oxygen atoms in total. The van der Waals surface area contributed by atoms with Crippen LogP contribution in [0.25, 0.3) is 0 Å². The number of benzene rings is 1. The van der Waals surface area contributed by atoms with Crippen molar-refractivity contribution in [3.63, 3.8) is 0 Å². The molecule has 0 saturated carbocycles. The van der Waals surface area contributed by atoms with Gasteiger partial charge < -0.3 is 15.3 Å². The Bertz CT molecular complexity index is 383. The Kier molecular flexibility index (Phi) is 3.64. The summed E-state index contributed by atoms with van der Waals surface area (Å²) in [7, 11) is 0. The highest BCUT2D eigenvalue weighted by atomic mass is 16.3. The lowest BCUT2D eigenvalue weighted by Crippen LogP contribution is -2.28. The molecule has 2 saturated heterocycles. The summed E-state index contributed by atoms with van der Waals surface area (Å²) in [6.07, 6.45) is 1.30. The van der Waals surface area contributed by atoms with E-state index in [-0.39, 0.29) is 6.47 Å². The fourth-order valence-corrected chi connectivity index (χ4v) is 2.61. The van der Waals surface area contributed by atoms with E-state index in [9.17, 15) is 0 Å². The van der Waals surface area contributed by atoms with E-state index in [1.807, 2.05) is 0 Å². The van der Waals surface area contributed by atoms with Crippen molar-refractivity contribution in [2.24, 2.45) is 0 Å². The van der Waals surface area contributed by atoms with Crippen molar-refractivity contribution in [1.82, 2.24) is 5.32 Å². The molecule has 17 heavy (non-hydrogen) atoms. The summed E-state index contributed by atoms with van der Waals surface area (Å²) < 4.78 is 0. The Hall–Kier alpha value is -1.55. The van der Waals surface area contributed by atoms with Gasteiger partial charge in [-0.05, 0) is 31.5 Å². The maximum atomic E-state index is 8.36. The topological polar surface area (TPSA) is 52.3 Å². The molecule has 0 amide bonds. The van der Waals surface area contributed by atoms with Crippen LogP contribution in [-0.4, -0.2) is 36.8 Å². The molecule has 0 spiro atoms. The number of carbonyl (C=O) groups is 1. The van der Waals surface area contributed by atoms with Crippen molar-refractivity contribution in [3.05, 3.63) is 29.8 Å². The molecule has 3 rings (SSSR count). The van der Waals surface area contributed by atoms with Crippen molar-refractivity contribution in [2.45, 2.75) is 25.4 Å². The average Bonchev–Trinajstić information content (AvgIpc) is 3.05. The Morgan fingerprint density at radius 2 is 2.12 bits per heavy atom. The van der Waals surface area contributed by atoms with Crippen LogP contribution < -0.4 is 10.2 Å². The van der Waals surface area contributed by atoms with Crippen molar-refractivity contribution in [3.8, 4) is 0 Å². The highest BCUT2D eigenvalue weighted by Crippen LogP contribution is 2.39. The first-order valence-corrected chi connectivity index (χ1v) is 5.92. The van der Waals surface area contributed by atoms with E-state index in [1.54, 1.807) is 0 Å². The number of fused-ring (bicyclic) bond motifs is 1. The highest BCUT2D eigenvalue weighted by Gasteiger charge is 2.48. The van der Waals surface area contributed by atoms with E-state index in [0.717, 1.165) is 12.1 Å². The smallest absolute Gasteiger partial charge is 0.290 e. The molecule has 2 heterocycles. The largest absolute Gasteiger partial charge is 0.483 e. The molecule has 0 aromatic heterocycles. The first-order valence-electron chi connectivity index (χ1n) is 5.92. The number of piperidine rings is 1. The van der Waals surface area contributed by atoms with Crippen molar-refractivity contribution in [1.29, 1.82) is 0 Å². The zero-order valence-electron chi connectivity index (χ0n) is 9.97. The van der Waals surface area contributed by atoms with Gasteiger partial charge in [0.15, 0.2) is 0 Å². The predicted molar refractivity (Wildman–Crippen MR) is 67.4 cm³/mol. The van der Waals surface area contributed by atoms with Crippen molar-refractivity contribution in [2.75, 3.05) is 18.0 Å². The van der Waals surface area contributed by atoms with Crippen LogP contribution in [0, 0.1) is 6.92 Å². The Morgan fingerprint density at radius 1 is 1.41 bits per heavy atom. The molecule has 0 radical (unpaired) electrons. The third-order valence-electron chi connectivity index (χ3n) is 3.43. The third kappa shape index (κ3) is 2.42. The summed E-state index contributed by atoms with van der Waals surface area (Å²) in [5.74, 6) is 0. The molecule has 2 atom stereocenters. The molecule has 0 aliphatic carbocycles. The van der Waals surface area contributed by atoms with Gasteiger partial charge in [0.05, 0.1) is 12.1 Å². The maximum absolute atomic E-state index is 8.36. The minimum atomic E-state index is -0.250. The fourth-order valence-electron chi connectivity index (χ4n) is 2.61. The molecule has 2 N–H and O–H groups in total. The van der Waals surface area contributed by atoms with E-state index in [1.165, 1.54) is 30.8 Å². The van der Waals surface area contributed by atoms with Crippen LogP contribution in [0.1, 0.15) is 12.0 Å². The van der Waals surface area contributed by atoms with E-state index >= 15 is 0 Å². The summed E-state index contributed by atoms with van der Waals surface area (Å²) in [6, 6.07) is 10.3. The monoisotopic (exact) mass is 234 g/mol. The molecule has 1 aromatic rings. The predicted octanol–water partition coefficient (Wildman–Crippen LogP) is 1.25. The second-order valence-corrected chi connectivity index (χ2v) is 4.43. The molecular formula is C13H18N2O2. The van der Waals surface area contributed by atoms with Gasteiger partial charge in [-0.2, -0.15) is 0 Å². The third-order valence-corrected chi connectivity index (χ3v) is 3.43. The average molecular weight is 234 g/mol. The Morgan fingerprint density at radius 3 is 2.71 bits per heavy atom. The van der Waals surface area contributed by atoms with Crippen molar-refractivity contribution < 1.29 is 9.90 Å². The van der Waals surface area contributed by atoms with E-state index < -0.39 is 0 Å². The van der Waals surface area contributed by atoms with Crippen LogP contribution in [0.5, 0.6) is 0 Å². The number of carboxylic acid groups (broad SMARTS) is 1. The number of nitrogens with one attached hydrogen (secondary N) is 1. The molecule has 2 unspecified atom stereocenters. The summed E-state index contributed by atoms with van der Waals surface area (Å²) in [5.41, 5.74) is 2.84. The number of nitrogens with zero attached hydrogens (tertiary/aromatic N) is 1. The normalized spacial score (nSPS) is 25.4. The molecule has 2 aliphatic heterocycles. The summed E-state index contributed by atoms with van der Waals surface area (Å²) >= 11 is 0. The number of para-hydroxylation sites is 1. The summed E-state index contributed by atoms with van der Waals surface area (Å²) in [4.78, 5) is 10.9. The van der Waals surface area contributed by atoms with Crippen LogP contribution in [0.2, 0.25) is 0 Å². The second kappa shape index (κ2) is 5.19. The molecule has 1 aromatic carbocycles. The SMILES string of the molecule is Cc1ccccc1N1C2CCNCC21.O=CO. The van der Waals surface area contributed by atoms with Gasteiger partial charge in [-0.25, -0.2) is 0 Å². The van der Waals surface area contributed by atoms with Gasteiger partial charge in [-0.15, -0.1) is 0 Å². The molecule has 4 heteroatoms. The Labute approximate surface area is 101 Å². The lowest BCUT2D eigenvalue weighted by molar-refractivity contribution is -0.122. The van der Waals surface area contributed by atoms with Gasteiger partial charge in [0.25, 0.3) is 6.47 Å². The van der Waals surface area contributed by atoms with Crippen molar-refractivity contribution >= 4 is 12.2 Å². The van der Waals surface area contributed by atoms with Crippen LogP contribution in [0.4, 0.5) is 5.69 Å². The van der Waals surface area contributed by atoms with Gasteiger partial charge in [0.1, 0.15) is 0 Å². The lowest BCUT2D eigenvalue weighted by atomic mass is 10.2. The van der Waals surface area contributed by atoms with E-state index in [4.69, 9.17) is 9.90 Å². The first-order chi connectivity index (χ1) is 8.29. The van der Waals surface area contributed by atoms with Gasteiger partial charge in [-0.3, -0.25) is 4.79 Å². The standard InChI is InChI=1S/C12H16N2.CH2O2/c1-9-4-2-3-5-10(9)14-11-6-7-13-8-12(11)14;2-1-3/h2-5,11-13H,6-8H2,1H3;1H,(H,2,3). The lowest BCUT2D eigenvalue weighted by Gasteiger charge is -2.08. The number of anilines is 1. The Balaban J connectivity index is 0.000000329. The number of rotatable bonds is 1. The second-order valence-electron chi connectivity index (χ2n) is 4.43. The molecule has 92 valence electrons. The van der Waals surface area contributed by atoms with Crippen LogP contribution in [0.3, 0.4) is 0 Å². The molecule has 2 fully saturated rings.